The van der Waals surface area contributed by atoms with E-state index in [0.717, 1.165) is 84.3 Å². The molecule has 4 aromatic rings. The molecule has 4 amide bonds. The first-order chi connectivity index (χ1) is 33.4. The Morgan fingerprint density at radius 3 is 2.52 bits per heavy atom. The SMILES string of the molecule is CC(=O)NCCCC[C@H]1CN(C(=O)c2cccc3ccccc23)CCN1C[C@@H](N)CS.COC(=O)[C@H](CCSC)NC(=O)CN(Cc1ccccc1OC)C[C@@H]1CCCN1C(=O)CCc1cnc[nH]1. The average Bonchev–Trinajstić information content (AvgIpc) is 4.07. The molecule has 0 spiro atoms. The van der Waals surface area contributed by atoms with Crippen LogP contribution in [0, 0.1) is 0 Å². The molecule has 3 heterocycles. The second-order valence-corrected chi connectivity index (χ2v) is 19.1. The molecule has 2 fully saturated rings. The van der Waals surface area contributed by atoms with Crippen LogP contribution < -0.4 is 21.1 Å². The number of nitrogens with two attached hydrogens (primary N) is 1. The van der Waals surface area contributed by atoms with Crippen molar-refractivity contribution in [2.45, 2.75) is 89.0 Å². The zero-order valence-corrected chi connectivity index (χ0v) is 42.5. The molecular formula is C51H73N9O7S2. The second kappa shape index (κ2) is 29.1. The highest BCUT2D eigenvalue weighted by atomic mass is 32.2. The number of fused-ring (bicyclic) bond motifs is 1. The molecule has 0 radical (unpaired) electrons. The molecule has 5 N–H and O–H groups in total. The number of rotatable bonds is 24. The Kier molecular flexibility index (Phi) is 23.1. The normalized spacial score (nSPS) is 16.9. The van der Waals surface area contributed by atoms with Crippen LogP contribution in [0.1, 0.15) is 73.5 Å². The van der Waals surface area contributed by atoms with Crippen LogP contribution in [0.25, 0.3) is 10.8 Å². The van der Waals surface area contributed by atoms with Gasteiger partial charge in [0.1, 0.15) is 11.8 Å². The van der Waals surface area contributed by atoms with Gasteiger partial charge in [-0.3, -0.25) is 29.0 Å². The van der Waals surface area contributed by atoms with Gasteiger partial charge in [-0.1, -0.05) is 61.0 Å². The minimum absolute atomic E-state index is 0.000306. The number of likely N-dealkylation sites (tertiary alicyclic amines) is 1. The van der Waals surface area contributed by atoms with Crippen LogP contribution in [0.3, 0.4) is 0 Å². The van der Waals surface area contributed by atoms with E-state index in [1.165, 1.54) is 7.11 Å². The monoisotopic (exact) mass is 988 g/mol. The number of carbonyl (C=O) groups excluding carboxylic acids is 5. The molecule has 4 atom stereocenters. The summed E-state index contributed by atoms with van der Waals surface area (Å²) in [5, 5.41) is 7.79. The number of ether oxygens (including phenoxy) is 2. The van der Waals surface area contributed by atoms with E-state index in [-0.39, 0.29) is 48.3 Å². The summed E-state index contributed by atoms with van der Waals surface area (Å²) in [4.78, 5) is 78.4. The van der Waals surface area contributed by atoms with Gasteiger partial charge in [-0.2, -0.15) is 24.4 Å². The molecule has 0 unspecified atom stereocenters. The van der Waals surface area contributed by atoms with Gasteiger partial charge in [0.15, 0.2) is 0 Å². The van der Waals surface area contributed by atoms with Crippen molar-refractivity contribution in [3.63, 3.8) is 0 Å². The number of nitrogens with one attached hydrogen (secondary N) is 3. The number of hydrogen-bond acceptors (Lipinski definition) is 13. The molecule has 1 aromatic heterocycles. The summed E-state index contributed by atoms with van der Waals surface area (Å²) < 4.78 is 10.4. The predicted octanol–water partition coefficient (Wildman–Crippen LogP) is 4.78. The number of H-pyrrole nitrogens is 1. The summed E-state index contributed by atoms with van der Waals surface area (Å²) in [6.45, 7) is 7.02. The molecule has 2 aliphatic heterocycles. The van der Waals surface area contributed by atoms with Crippen LogP contribution in [0.5, 0.6) is 5.75 Å². The van der Waals surface area contributed by atoms with Gasteiger partial charge in [0, 0.05) is 113 Å². The lowest BCUT2D eigenvalue weighted by atomic mass is 10.0. The van der Waals surface area contributed by atoms with Crippen LogP contribution in [-0.4, -0.2) is 168 Å². The lowest BCUT2D eigenvalue weighted by Gasteiger charge is -2.42. The number of thiol groups is 1. The van der Waals surface area contributed by atoms with E-state index in [4.69, 9.17) is 15.2 Å². The Balaban J connectivity index is 0.000000263. The Hall–Kier alpha value is -5.14. The van der Waals surface area contributed by atoms with Gasteiger partial charge in [0.05, 0.1) is 27.1 Å². The van der Waals surface area contributed by atoms with Crippen LogP contribution in [0.4, 0.5) is 0 Å². The number of nitrogens with zero attached hydrogens (tertiary/aromatic N) is 5. The average molecular weight is 988 g/mol. The molecule has 0 saturated carbocycles. The summed E-state index contributed by atoms with van der Waals surface area (Å²) in [6.07, 6.45) is 11.5. The quantitative estimate of drug-likeness (QED) is 0.0367. The van der Waals surface area contributed by atoms with Crippen LogP contribution in [0.15, 0.2) is 79.3 Å². The van der Waals surface area contributed by atoms with E-state index in [9.17, 15) is 24.0 Å². The number of methoxy groups -OCH3 is 2. The first-order valence-electron chi connectivity index (χ1n) is 24.0. The Morgan fingerprint density at radius 2 is 1.78 bits per heavy atom. The number of aromatic amines is 1. The summed E-state index contributed by atoms with van der Waals surface area (Å²) in [7, 11) is 2.95. The van der Waals surface area contributed by atoms with Gasteiger partial charge in [0.25, 0.3) is 5.91 Å². The van der Waals surface area contributed by atoms with E-state index in [1.807, 2.05) is 87.7 Å². The Morgan fingerprint density at radius 1 is 1.00 bits per heavy atom. The second-order valence-electron chi connectivity index (χ2n) is 17.7. The van der Waals surface area contributed by atoms with E-state index < -0.39 is 12.0 Å². The maximum absolute atomic E-state index is 13.4. The molecule has 0 bridgehead atoms. The van der Waals surface area contributed by atoms with Crippen molar-refractivity contribution >= 4 is 64.8 Å². The molecule has 3 aromatic carbocycles. The predicted molar refractivity (Wildman–Crippen MR) is 276 cm³/mol. The fourth-order valence-corrected chi connectivity index (χ4v) is 9.68. The number of imidazole rings is 1. The fourth-order valence-electron chi connectivity index (χ4n) is 9.09. The third-order valence-electron chi connectivity index (χ3n) is 12.7. The Bertz CT molecular complexity index is 2230. The van der Waals surface area contributed by atoms with E-state index in [2.05, 4.69) is 38.1 Å². The van der Waals surface area contributed by atoms with Crippen molar-refractivity contribution < 1.29 is 33.4 Å². The molecule has 69 heavy (non-hydrogen) atoms. The van der Waals surface area contributed by atoms with Crippen molar-refractivity contribution in [1.82, 2.24) is 40.2 Å². The number of thioether (sulfide) groups is 1. The van der Waals surface area contributed by atoms with Gasteiger partial charge in [0.2, 0.25) is 17.7 Å². The van der Waals surface area contributed by atoms with Gasteiger partial charge in [-0.25, -0.2) is 9.78 Å². The van der Waals surface area contributed by atoms with Gasteiger partial charge >= 0.3 is 5.97 Å². The summed E-state index contributed by atoms with van der Waals surface area (Å²) >= 11 is 5.94. The standard InChI is InChI=1S/C27H39N5O5S.C24H34N4O2S/c1-36-24-9-5-4-7-20(24)16-31(18-25(33)30-23(12-14-38-3)27(35)37-2)17-22-8-6-13-32(22)26(34)11-10-21-15-28-19-29-21;1-18(29)26-12-5-4-9-21-16-28(14-13-27(21)15-20(25)17-31)24(30)23-11-6-8-19-7-2-3-10-22(19)23/h4-5,7,9,15,19,22-23H,6,8,10-14,16-18H2,1-3H3,(H,28,29)(H,30,33);2-3,6-8,10-11,20-21,31H,4-5,9,12-17,25H2,1H3,(H,26,29)/t22-,23-;20-,21+/m01/s1. The van der Waals surface area contributed by atoms with E-state index in [0.29, 0.717) is 64.3 Å². The highest BCUT2D eigenvalue weighted by Crippen LogP contribution is 2.25. The molecular weight excluding hydrogens is 915 g/mol. The number of para-hydroxylation sites is 1. The van der Waals surface area contributed by atoms with Crippen molar-refractivity contribution in [3.05, 3.63) is 96.1 Å². The zero-order valence-electron chi connectivity index (χ0n) is 40.8. The van der Waals surface area contributed by atoms with Crippen LogP contribution in [0.2, 0.25) is 0 Å². The van der Waals surface area contributed by atoms with Crippen molar-refractivity contribution in [2.24, 2.45) is 5.73 Å². The summed E-state index contributed by atoms with van der Waals surface area (Å²) in [5.41, 5.74) is 8.83. The largest absolute Gasteiger partial charge is 0.496 e. The topological polar surface area (TPSA) is 196 Å². The zero-order chi connectivity index (χ0) is 49.5. The molecule has 0 aliphatic carbocycles. The third kappa shape index (κ3) is 17.3. The van der Waals surface area contributed by atoms with Crippen molar-refractivity contribution in [3.8, 4) is 5.75 Å². The minimum atomic E-state index is -0.694. The summed E-state index contributed by atoms with van der Waals surface area (Å²) in [6, 6.07) is 21.3. The molecule has 6 rings (SSSR count). The van der Waals surface area contributed by atoms with Crippen molar-refractivity contribution in [1.29, 1.82) is 0 Å². The van der Waals surface area contributed by atoms with Crippen LogP contribution in [-0.2, 0) is 36.9 Å². The molecule has 376 valence electrons. The lowest BCUT2D eigenvalue weighted by Crippen LogP contribution is -2.57. The third-order valence-corrected chi connectivity index (χ3v) is 13.8. The highest BCUT2D eigenvalue weighted by molar-refractivity contribution is 7.98. The van der Waals surface area contributed by atoms with Crippen LogP contribution >= 0.6 is 24.4 Å². The first-order valence-corrected chi connectivity index (χ1v) is 26.1. The number of benzene rings is 3. The smallest absolute Gasteiger partial charge is 0.328 e. The van der Waals surface area contributed by atoms with E-state index >= 15 is 0 Å². The fraction of sp³-hybridized carbons (Fsp3) is 0.529. The summed E-state index contributed by atoms with van der Waals surface area (Å²) in [5.74, 6) is 1.60. The number of piperazine rings is 1. The van der Waals surface area contributed by atoms with Gasteiger partial charge < -0.3 is 40.6 Å². The van der Waals surface area contributed by atoms with Crippen molar-refractivity contribution in [2.75, 3.05) is 84.3 Å². The number of esters is 1. The van der Waals surface area contributed by atoms with Gasteiger partial charge in [-0.15, -0.1) is 0 Å². The Labute approximate surface area is 417 Å². The number of aryl methyl sites for hydroxylation is 1. The molecule has 18 heteroatoms. The van der Waals surface area contributed by atoms with E-state index in [1.54, 1.807) is 38.3 Å². The highest BCUT2D eigenvalue weighted by Gasteiger charge is 2.33. The molecule has 16 nitrogen and oxygen atoms in total. The maximum Gasteiger partial charge on any atom is 0.328 e. The first kappa shape index (κ1) is 54.8. The number of hydrogen-bond donors (Lipinski definition) is 5. The number of amides is 4. The number of unbranched alkanes of at least 4 members (excludes halogenated alkanes) is 1. The lowest BCUT2D eigenvalue weighted by molar-refractivity contribution is -0.145. The maximum atomic E-state index is 13.4. The number of carbonyl (C=O) groups is 5. The van der Waals surface area contributed by atoms with Gasteiger partial charge in [-0.05, 0) is 73.4 Å². The molecule has 2 saturated heterocycles. The minimum Gasteiger partial charge on any atom is -0.496 e. The molecule has 2 aliphatic rings. The number of aromatic nitrogens is 2.